The van der Waals surface area contributed by atoms with E-state index in [1.54, 1.807) is 0 Å². The van der Waals surface area contributed by atoms with Crippen LogP contribution in [0.4, 0.5) is 0 Å². The SMILES string of the molecule is c1ccc(-n2c3ccccc3c3cccc(-n4c5ccccc5c5c6c7ccccc7c7ccccc7c6c6c7ccccc7oc6c54)c32)cc1. The van der Waals surface area contributed by atoms with Crippen LogP contribution in [0.3, 0.4) is 0 Å². The standard InChI is InChI=1S/C48H28N2O/c1-2-15-29(16-3-1)49-38-25-11-8-19-32(38)35-24-14-27-40(46(35)49)50-39-26-12-9-22-36(39)44-42-33-20-6-4-17-30(33)31-18-5-7-21-34(31)43(42)45-37-23-10-13-28-41(37)51-48(45)47(44)50/h1-28H. The fourth-order valence-corrected chi connectivity index (χ4v) is 9.11. The lowest BCUT2D eigenvalue weighted by molar-refractivity contribution is 0.671. The summed E-state index contributed by atoms with van der Waals surface area (Å²) in [5.41, 5.74) is 8.65. The molecule has 0 atom stereocenters. The van der Waals surface area contributed by atoms with Crippen molar-refractivity contribution in [1.29, 1.82) is 0 Å². The summed E-state index contributed by atoms with van der Waals surface area (Å²) < 4.78 is 12.0. The molecule has 0 aliphatic carbocycles. The smallest absolute Gasteiger partial charge is 0.160 e. The van der Waals surface area contributed by atoms with Gasteiger partial charge in [-0.25, -0.2) is 0 Å². The van der Waals surface area contributed by atoms with Gasteiger partial charge in [-0.2, -0.15) is 0 Å². The molecule has 0 aliphatic rings. The van der Waals surface area contributed by atoms with Crippen LogP contribution in [0, 0.1) is 0 Å². The lowest BCUT2D eigenvalue weighted by Gasteiger charge is -2.16. The van der Waals surface area contributed by atoms with Crippen LogP contribution in [0.25, 0.3) is 109 Å². The number of para-hydroxylation sites is 5. The molecule has 0 amide bonds. The van der Waals surface area contributed by atoms with Crippen molar-refractivity contribution in [2.45, 2.75) is 0 Å². The lowest BCUT2D eigenvalue weighted by atomic mass is 9.89. The summed E-state index contributed by atoms with van der Waals surface area (Å²) in [5.74, 6) is 0. The molecule has 0 bridgehead atoms. The fourth-order valence-electron chi connectivity index (χ4n) is 9.11. The van der Waals surface area contributed by atoms with Crippen molar-refractivity contribution in [2.24, 2.45) is 0 Å². The number of benzene rings is 9. The fraction of sp³-hybridized carbons (Fsp3) is 0. The van der Waals surface area contributed by atoms with E-state index in [9.17, 15) is 0 Å². The van der Waals surface area contributed by atoms with Gasteiger partial charge in [0.05, 0.1) is 27.8 Å². The summed E-state index contributed by atoms with van der Waals surface area (Å²) in [4.78, 5) is 0. The molecule has 51 heavy (non-hydrogen) atoms. The van der Waals surface area contributed by atoms with Gasteiger partial charge in [0.25, 0.3) is 0 Å². The zero-order valence-corrected chi connectivity index (χ0v) is 27.5. The van der Waals surface area contributed by atoms with Gasteiger partial charge in [0.1, 0.15) is 5.58 Å². The molecule has 0 N–H and O–H groups in total. The quantitative estimate of drug-likeness (QED) is 0.171. The summed E-state index contributed by atoms with van der Waals surface area (Å²) in [5, 5.41) is 14.7. The number of hydrogen-bond acceptors (Lipinski definition) is 1. The van der Waals surface area contributed by atoms with E-state index >= 15 is 0 Å². The summed E-state index contributed by atoms with van der Waals surface area (Å²) in [6, 6.07) is 61.5. The van der Waals surface area contributed by atoms with E-state index in [1.165, 1.54) is 64.9 Å². The van der Waals surface area contributed by atoms with Crippen molar-refractivity contribution < 1.29 is 4.42 Å². The van der Waals surface area contributed by atoms with Gasteiger partial charge in [-0.1, -0.05) is 133 Å². The zero-order chi connectivity index (χ0) is 33.2. The van der Waals surface area contributed by atoms with Crippen LogP contribution in [0.1, 0.15) is 0 Å². The summed E-state index contributed by atoms with van der Waals surface area (Å²) in [7, 11) is 0. The maximum Gasteiger partial charge on any atom is 0.160 e. The molecule has 0 aliphatic heterocycles. The van der Waals surface area contributed by atoms with Crippen LogP contribution in [-0.2, 0) is 0 Å². The first-order chi connectivity index (χ1) is 25.4. The van der Waals surface area contributed by atoms with Gasteiger partial charge in [0.2, 0.25) is 0 Å². The van der Waals surface area contributed by atoms with Crippen LogP contribution in [-0.4, -0.2) is 9.13 Å². The summed E-state index contributed by atoms with van der Waals surface area (Å²) in [6.45, 7) is 0. The molecule has 3 heteroatoms. The van der Waals surface area contributed by atoms with E-state index in [2.05, 4.69) is 179 Å². The van der Waals surface area contributed by atoms with Gasteiger partial charge in [-0.3, -0.25) is 0 Å². The predicted molar refractivity (Wildman–Crippen MR) is 215 cm³/mol. The Morgan fingerprint density at radius 2 is 0.843 bits per heavy atom. The molecule has 9 aromatic carbocycles. The molecule has 3 aromatic heterocycles. The Balaban J connectivity index is 1.42. The van der Waals surface area contributed by atoms with Gasteiger partial charge in [0.15, 0.2) is 5.58 Å². The Bertz CT molecular complexity index is 3410. The number of nitrogens with zero attached hydrogens (tertiary/aromatic N) is 2. The Hall–Kier alpha value is -6.84. The Morgan fingerprint density at radius 1 is 0.314 bits per heavy atom. The van der Waals surface area contributed by atoms with E-state index in [0.717, 1.165) is 44.3 Å². The number of aromatic nitrogens is 2. The van der Waals surface area contributed by atoms with E-state index in [0.29, 0.717) is 0 Å². The molecule has 0 saturated carbocycles. The van der Waals surface area contributed by atoms with Crippen LogP contribution < -0.4 is 0 Å². The Labute approximate surface area is 291 Å². The highest BCUT2D eigenvalue weighted by molar-refractivity contribution is 6.44. The highest BCUT2D eigenvalue weighted by Crippen LogP contribution is 2.51. The van der Waals surface area contributed by atoms with Gasteiger partial charge < -0.3 is 13.6 Å². The summed E-state index contributed by atoms with van der Waals surface area (Å²) in [6.07, 6.45) is 0. The summed E-state index contributed by atoms with van der Waals surface area (Å²) >= 11 is 0. The second kappa shape index (κ2) is 9.87. The maximum atomic E-state index is 7.08. The van der Waals surface area contributed by atoms with Crippen molar-refractivity contribution in [2.75, 3.05) is 0 Å². The van der Waals surface area contributed by atoms with Gasteiger partial charge in [-0.05, 0) is 57.9 Å². The largest absolute Gasteiger partial charge is 0.454 e. The molecular formula is C48H28N2O. The van der Waals surface area contributed by atoms with Crippen LogP contribution in [0.5, 0.6) is 0 Å². The molecule has 12 rings (SSSR count). The monoisotopic (exact) mass is 648 g/mol. The molecule has 0 radical (unpaired) electrons. The highest BCUT2D eigenvalue weighted by atomic mass is 16.3. The second-order valence-electron chi connectivity index (χ2n) is 13.6. The number of fused-ring (bicyclic) bond motifs is 18. The van der Waals surface area contributed by atoms with Crippen molar-refractivity contribution in [3.63, 3.8) is 0 Å². The van der Waals surface area contributed by atoms with Crippen molar-refractivity contribution in [3.8, 4) is 11.4 Å². The second-order valence-corrected chi connectivity index (χ2v) is 13.6. The number of furan rings is 1. The predicted octanol–water partition coefficient (Wildman–Crippen LogP) is 13.2. The molecular weight excluding hydrogens is 621 g/mol. The molecule has 0 unspecified atom stereocenters. The third-order valence-corrected chi connectivity index (χ3v) is 11.0. The van der Waals surface area contributed by atoms with E-state index in [-0.39, 0.29) is 0 Å². The molecule has 0 saturated heterocycles. The average Bonchev–Trinajstić information content (AvgIpc) is 3.86. The van der Waals surface area contributed by atoms with E-state index in [1.807, 2.05) is 0 Å². The minimum absolute atomic E-state index is 0.895. The van der Waals surface area contributed by atoms with E-state index in [4.69, 9.17) is 4.42 Å². The van der Waals surface area contributed by atoms with Gasteiger partial charge >= 0.3 is 0 Å². The highest BCUT2D eigenvalue weighted by Gasteiger charge is 2.27. The Morgan fingerprint density at radius 3 is 1.57 bits per heavy atom. The minimum Gasteiger partial charge on any atom is -0.454 e. The van der Waals surface area contributed by atoms with Crippen LogP contribution in [0.15, 0.2) is 174 Å². The van der Waals surface area contributed by atoms with Gasteiger partial charge in [-0.15, -0.1) is 0 Å². The molecule has 0 spiro atoms. The molecule has 3 heterocycles. The molecule has 12 aromatic rings. The first-order valence-corrected chi connectivity index (χ1v) is 17.5. The average molecular weight is 649 g/mol. The van der Waals surface area contributed by atoms with Crippen molar-refractivity contribution in [3.05, 3.63) is 170 Å². The van der Waals surface area contributed by atoms with Gasteiger partial charge in [0, 0.05) is 48.8 Å². The number of rotatable bonds is 2. The van der Waals surface area contributed by atoms with Crippen LogP contribution >= 0.6 is 0 Å². The lowest BCUT2D eigenvalue weighted by Crippen LogP contribution is -2.00. The van der Waals surface area contributed by atoms with E-state index < -0.39 is 0 Å². The molecule has 236 valence electrons. The normalized spacial score (nSPS) is 12.3. The third-order valence-electron chi connectivity index (χ3n) is 11.0. The van der Waals surface area contributed by atoms with Crippen molar-refractivity contribution >= 4 is 97.9 Å². The number of hydrogen-bond donors (Lipinski definition) is 0. The maximum absolute atomic E-state index is 7.08. The molecule has 3 nitrogen and oxygen atoms in total. The molecule has 0 fully saturated rings. The first kappa shape index (κ1) is 27.0. The zero-order valence-electron chi connectivity index (χ0n) is 27.5. The Kier molecular flexibility index (Phi) is 5.23. The van der Waals surface area contributed by atoms with Crippen LogP contribution in [0.2, 0.25) is 0 Å². The van der Waals surface area contributed by atoms with Crippen molar-refractivity contribution in [1.82, 2.24) is 9.13 Å². The third kappa shape index (κ3) is 3.42. The topological polar surface area (TPSA) is 23.0 Å². The minimum atomic E-state index is 0.895. The first-order valence-electron chi connectivity index (χ1n) is 17.5.